The Bertz CT molecular complexity index is 1820. The van der Waals surface area contributed by atoms with E-state index in [0.29, 0.717) is 16.5 Å². The maximum Gasteiger partial charge on any atom is 0.323 e. The summed E-state index contributed by atoms with van der Waals surface area (Å²) in [7, 11) is -3.33. The Morgan fingerprint density at radius 2 is 1.53 bits per heavy atom. The number of para-hydroxylation sites is 1. The summed E-state index contributed by atoms with van der Waals surface area (Å²) in [4.78, 5) is 25.2. The highest BCUT2D eigenvalue weighted by Gasteiger charge is 2.21. The summed E-state index contributed by atoms with van der Waals surface area (Å²) in [6.07, 6.45) is 1.15. The molecule has 0 spiro atoms. The normalized spacial score (nSPS) is 11.8. The van der Waals surface area contributed by atoms with Gasteiger partial charge in [-0.1, -0.05) is 48.5 Å². The molecule has 5 aromatic rings. The van der Waals surface area contributed by atoms with Crippen LogP contribution in [-0.2, 0) is 27.7 Å². The van der Waals surface area contributed by atoms with Gasteiger partial charge in [-0.05, 0) is 36.8 Å². The Morgan fingerprint density at radius 3 is 2.17 bits per heavy atom. The molecular formula is C27H23N3O5S. The fraction of sp³-hybridized carbons (Fsp3) is 0.148. The van der Waals surface area contributed by atoms with Crippen LogP contribution in [0.5, 0.6) is 0 Å². The first-order valence-corrected chi connectivity index (χ1v) is 13.1. The van der Waals surface area contributed by atoms with Crippen LogP contribution in [0.2, 0.25) is 0 Å². The molecule has 0 amide bonds. The van der Waals surface area contributed by atoms with E-state index in [4.69, 9.17) is 5.10 Å². The minimum absolute atomic E-state index is 0.146. The minimum Gasteiger partial charge on any atom is -0.480 e. The molecule has 0 aliphatic rings. The van der Waals surface area contributed by atoms with Crippen LogP contribution in [0.4, 0.5) is 0 Å². The molecule has 0 saturated heterocycles. The van der Waals surface area contributed by atoms with Crippen LogP contribution in [0, 0.1) is 6.92 Å². The highest BCUT2D eigenvalue weighted by atomic mass is 32.2. The van der Waals surface area contributed by atoms with Gasteiger partial charge in [0.2, 0.25) is 0 Å². The Kier molecular flexibility index (Phi) is 5.72. The zero-order valence-electron chi connectivity index (χ0n) is 19.7. The van der Waals surface area contributed by atoms with Crippen LogP contribution in [0.1, 0.15) is 11.3 Å². The summed E-state index contributed by atoms with van der Waals surface area (Å²) in [6.45, 7) is 1.80. The highest BCUT2D eigenvalue weighted by Crippen LogP contribution is 2.36. The standard InChI is InChI=1S/C27H23N3O5S/c1-17-25(22-9-5-6-10-23(22)29(17)16-24(31)32)26-20-7-3-4-8-21(20)27(33)30(28-26)15-18-11-13-19(14-12-18)36(2,34)35/h3-14H,15-16H2,1-2H3,(H,31,32). The van der Waals surface area contributed by atoms with E-state index in [2.05, 4.69) is 0 Å². The highest BCUT2D eigenvalue weighted by molar-refractivity contribution is 7.90. The molecule has 36 heavy (non-hydrogen) atoms. The minimum atomic E-state index is -3.33. The van der Waals surface area contributed by atoms with Crippen LogP contribution >= 0.6 is 0 Å². The summed E-state index contributed by atoms with van der Waals surface area (Å²) >= 11 is 0. The fourth-order valence-electron chi connectivity index (χ4n) is 4.61. The Labute approximate surface area is 207 Å². The molecule has 0 saturated carbocycles. The second-order valence-electron chi connectivity index (χ2n) is 8.73. The largest absolute Gasteiger partial charge is 0.480 e. The molecule has 0 fully saturated rings. The summed E-state index contributed by atoms with van der Waals surface area (Å²) in [5.74, 6) is -0.953. The fourth-order valence-corrected chi connectivity index (χ4v) is 5.24. The molecule has 9 heteroatoms. The van der Waals surface area contributed by atoms with E-state index in [1.807, 2.05) is 43.3 Å². The van der Waals surface area contributed by atoms with Gasteiger partial charge < -0.3 is 9.67 Å². The molecule has 5 rings (SSSR count). The third-order valence-electron chi connectivity index (χ3n) is 6.31. The predicted molar refractivity (Wildman–Crippen MR) is 138 cm³/mol. The lowest BCUT2D eigenvalue weighted by Crippen LogP contribution is -2.24. The smallest absolute Gasteiger partial charge is 0.323 e. The average Bonchev–Trinajstić information content (AvgIpc) is 3.11. The molecule has 0 radical (unpaired) electrons. The van der Waals surface area contributed by atoms with Crippen LogP contribution in [0.3, 0.4) is 0 Å². The zero-order valence-corrected chi connectivity index (χ0v) is 20.5. The molecule has 0 unspecified atom stereocenters. The van der Waals surface area contributed by atoms with Crippen LogP contribution in [0.25, 0.3) is 32.9 Å². The van der Waals surface area contributed by atoms with Gasteiger partial charge in [0.15, 0.2) is 9.84 Å². The third-order valence-corrected chi connectivity index (χ3v) is 7.44. The molecule has 1 N–H and O–H groups in total. The summed E-state index contributed by atoms with van der Waals surface area (Å²) in [5, 5.41) is 16.3. The lowest BCUT2D eigenvalue weighted by molar-refractivity contribution is -0.137. The van der Waals surface area contributed by atoms with Crippen molar-refractivity contribution >= 4 is 37.5 Å². The summed E-state index contributed by atoms with van der Waals surface area (Å²) < 4.78 is 26.7. The van der Waals surface area contributed by atoms with E-state index in [9.17, 15) is 23.1 Å². The van der Waals surface area contributed by atoms with Gasteiger partial charge in [0.05, 0.1) is 16.8 Å². The van der Waals surface area contributed by atoms with Crippen LogP contribution < -0.4 is 5.56 Å². The Morgan fingerprint density at radius 1 is 0.917 bits per heavy atom. The van der Waals surface area contributed by atoms with Crippen molar-refractivity contribution in [2.24, 2.45) is 0 Å². The number of hydrogen-bond donors (Lipinski definition) is 1. The van der Waals surface area contributed by atoms with Gasteiger partial charge in [0, 0.05) is 33.8 Å². The number of fused-ring (bicyclic) bond motifs is 2. The van der Waals surface area contributed by atoms with Gasteiger partial charge >= 0.3 is 5.97 Å². The van der Waals surface area contributed by atoms with Gasteiger partial charge in [-0.3, -0.25) is 9.59 Å². The molecule has 3 aromatic carbocycles. The zero-order chi connectivity index (χ0) is 25.6. The van der Waals surface area contributed by atoms with Crippen molar-refractivity contribution in [3.8, 4) is 11.3 Å². The quantitative estimate of drug-likeness (QED) is 0.378. The van der Waals surface area contributed by atoms with Crippen molar-refractivity contribution < 1.29 is 18.3 Å². The van der Waals surface area contributed by atoms with Gasteiger partial charge in [-0.15, -0.1) is 0 Å². The van der Waals surface area contributed by atoms with E-state index < -0.39 is 15.8 Å². The number of aliphatic carboxylic acids is 1. The first kappa shape index (κ1) is 23.5. The molecule has 0 aliphatic carbocycles. The summed E-state index contributed by atoms with van der Waals surface area (Å²) in [6, 6.07) is 21.1. The lowest BCUT2D eigenvalue weighted by atomic mass is 10.0. The van der Waals surface area contributed by atoms with Gasteiger partial charge in [0.1, 0.15) is 12.2 Å². The van der Waals surface area contributed by atoms with Crippen molar-refractivity contribution in [2.45, 2.75) is 24.9 Å². The van der Waals surface area contributed by atoms with Crippen molar-refractivity contribution in [3.63, 3.8) is 0 Å². The second-order valence-corrected chi connectivity index (χ2v) is 10.7. The molecule has 0 aliphatic heterocycles. The molecule has 0 bridgehead atoms. The summed E-state index contributed by atoms with van der Waals surface area (Å²) in [5.41, 5.74) is 3.31. The first-order chi connectivity index (χ1) is 17.1. The van der Waals surface area contributed by atoms with E-state index in [-0.39, 0.29) is 23.5 Å². The number of carboxylic acid groups (broad SMARTS) is 1. The Hall–Kier alpha value is -4.24. The third kappa shape index (κ3) is 4.07. The van der Waals surface area contributed by atoms with Gasteiger partial charge in [0.25, 0.3) is 5.56 Å². The lowest BCUT2D eigenvalue weighted by Gasteiger charge is -2.12. The maximum absolute atomic E-state index is 13.4. The topological polar surface area (TPSA) is 111 Å². The van der Waals surface area contributed by atoms with Crippen molar-refractivity contribution in [2.75, 3.05) is 6.26 Å². The number of carboxylic acids is 1. The molecule has 0 atom stereocenters. The second kappa shape index (κ2) is 8.76. The molecule has 182 valence electrons. The van der Waals surface area contributed by atoms with Crippen molar-refractivity contribution in [3.05, 3.63) is 94.4 Å². The number of nitrogens with zero attached hydrogens (tertiary/aromatic N) is 3. The number of aromatic nitrogens is 3. The number of carbonyl (C=O) groups is 1. The Balaban J connectivity index is 1.74. The van der Waals surface area contributed by atoms with E-state index in [0.717, 1.165) is 34.0 Å². The molecule has 2 heterocycles. The number of sulfone groups is 1. The molecule has 2 aromatic heterocycles. The number of rotatable bonds is 6. The van der Waals surface area contributed by atoms with E-state index >= 15 is 0 Å². The number of benzene rings is 3. The first-order valence-electron chi connectivity index (χ1n) is 11.2. The van der Waals surface area contributed by atoms with Gasteiger partial charge in [-0.25, -0.2) is 13.1 Å². The molecule has 8 nitrogen and oxygen atoms in total. The van der Waals surface area contributed by atoms with E-state index in [1.54, 1.807) is 28.8 Å². The monoisotopic (exact) mass is 501 g/mol. The van der Waals surface area contributed by atoms with Crippen LogP contribution in [0.15, 0.2) is 82.5 Å². The van der Waals surface area contributed by atoms with Crippen molar-refractivity contribution in [1.82, 2.24) is 14.3 Å². The van der Waals surface area contributed by atoms with E-state index in [1.165, 1.54) is 16.8 Å². The van der Waals surface area contributed by atoms with Crippen molar-refractivity contribution in [1.29, 1.82) is 0 Å². The average molecular weight is 502 g/mol. The number of hydrogen-bond acceptors (Lipinski definition) is 5. The van der Waals surface area contributed by atoms with Gasteiger partial charge in [-0.2, -0.15) is 5.10 Å². The maximum atomic E-state index is 13.4. The SMILES string of the molecule is Cc1c(-c2nn(Cc3ccc(S(C)(=O)=O)cc3)c(=O)c3ccccc23)c2ccccc2n1CC(=O)O. The predicted octanol–water partition coefficient (Wildman–Crippen LogP) is 3.86. The van der Waals surface area contributed by atoms with Crippen LogP contribution in [-0.4, -0.2) is 40.1 Å². The molecular weight excluding hydrogens is 478 g/mol.